The molecule has 4 heteroatoms. The standard InChI is InChI=1S/C16H16O4/c1-3-7-13(8-4-1)17-11-15-18-12-16(20-15)19-14-9-5-2-6-10-14/h1-10,15-16H,11-12H2. The van der Waals surface area contributed by atoms with E-state index in [2.05, 4.69) is 0 Å². The van der Waals surface area contributed by atoms with Crippen molar-refractivity contribution in [2.24, 2.45) is 0 Å². The summed E-state index contributed by atoms with van der Waals surface area (Å²) >= 11 is 0. The van der Waals surface area contributed by atoms with Crippen LogP contribution in [-0.2, 0) is 9.47 Å². The first-order chi connectivity index (χ1) is 9.90. The Kier molecular flexibility index (Phi) is 4.16. The third-order valence-corrected chi connectivity index (χ3v) is 2.86. The lowest BCUT2D eigenvalue weighted by Crippen LogP contribution is -2.22. The van der Waals surface area contributed by atoms with Crippen molar-refractivity contribution in [3.05, 3.63) is 60.7 Å². The molecule has 3 rings (SSSR count). The van der Waals surface area contributed by atoms with Crippen molar-refractivity contribution in [2.45, 2.75) is 12.6 Å². The molecule has 2 aromatic carbocycles. The lowest BCUT2D eigenvalue weighted by atomic mass is 10.3. The van der Waals surface area contributed by atoms with Gasteiger partial charge in [-0.25, -0.2) is 0 Å². The first kappa shape index (κ1) is 13.0. The fourth-order valence-corrected chi connectivity index (χ4v) is 1.91. The van der Waals surface area contributed by atoms with E-state index in [9.17, 15) is 0 Å². The van der Waals surface area contributed by atoms with E-state index in [0.29, 0.717) is 13.2 Å². The van der Waals surface area contributed by atoms with E-state index in [1.165, 1.54) is 0 Å². The van der Waals surface area contributed by atoms with Gasteiger partial charge in [-0.3, -0.25) is 0 Å². The maximum Gasteiger partial charge on any atom is 0.226 e. The van der Waals surface area contributed by atoms with Crippen LogP contribution >= 0.6 is 0 Å². The summed E-state index contributed by atoms with van der Waals surface area (Å²) < 4.78 is 22.3. The quantitative estimate of drug-likeness (QED) is 0.838. The minimum absolute atomic E-state index is 0.346. The van der Waals surface area contributed by atoms with Crippen LogP contribution in [0.15, 0.2) is 60.7 Å². The van der Waals surface area contributed by atoms with Gasteiger partial charge in [0.25, 0.3) is 0 Å². The van der Waals surface area contributed by atoms with E-state index in [0.717, 1.165) is 11.5 Å². The third kappa shape index (κ3) is 3.50. The largest absolute Gasteiger partial charge is 0.488 e. The van der Waals surface area contributed by atoms with Crippen LogP contribution < -0.4 is 9.47 Å². The monoisotopic (exact) mass is 272 g/mol. The van der Waals surface area contributed by atoms with Crippen molar-refractivity contribution in [3.63, 3.8) is 0 Å². The lowest BCUT2D eigenvalue weighted by molar-refractivity contribution is -0.119. The second-order valence-corrected chi connectivity index (χ2v) is 4.38. The second kappa shape index (κ2) is 6.41. The Labute approximate surface area is 117 Å². The SMILES string of the molecule is c1ccc(OCC2OCC(Oc3ccccc3)O2)cc1. The minimum atomic E-state index is -0.399. The van der Waals surface area contributed by atoms with Crippen molar-refractivity contribution in [3.8, 4) is 11.5 Å². The van der Waals surface area contributed by atoms with Gasteiger partial charge in [-0.2, -0.15) is 0 Å². The van der Waals surface area contributed by atoms with Crippen LogP contribution in [0.4, 0.5) is 0 Å². The Morgan fingerprint density at radius 1 is 0.900 bits per heavy atom. The Bertz CT molecular complexity index is 515. The number of para-hydroxylation sites is 2. The summed E-state index contributed by atoms with van der Waals surface area (Å²) in [5.74, 6) is 1.57. The van der Waals surface area contributed by atoms with Crippen LogP contribution in [0.2, 0.25) is 0 Å². The highest BCUT2D eigenvalue weighted by Gasteiger charge is 2.28. The first-order valence-electron chi connectivity index (χ1n) is 6.57. The van der Waals surface area contributed by atoms with E-state index in [1.54, 1.807) is 0 Å². The van der Waals surface area contributed by atoms with Crippen LogP contribution in [0.1, 0.15) is 0 Å². The molecule has 2 atom stereocenters. The third-order valence-electron chi connectivity index (χ3n) is 2.86. The molecule has 1 saturated heterocycles. The van der Waals surface area contributed by atoms with E-state index in [4.69, 9.17) is 18.9 Å². The van der Waals surface area contributed by atoms with Crippen LogP contribution in [0.25, 0.3) is 0 Å². The van der Waals surface area contributed by atoms with Crippen molar-refractivity contribution in [1.82, 2.24) is 0 Å². The number of benzene rings is 2. The molecule has 2 aromatic rings. The molecule has 1 heterocycles. The molecule has 0 radical (unpaired) electrons. The normalized spacial score (nSPS) is 21.6. The van der Waals surface area contributed by atoms with Crippen molar-refractivity contribution >= 4 is 0 Å². The van der Waals surface area contributed by atoms with Crippen LogP contribution in [0, 0.1) is 0 Å². The molecule has 1 aliphatic heterocycles. The van der Waals surface area contributed by atoms with Crippen LogP contribution in [0.5, 0.6) is 11.5 Å². The second-order valence-electron chi connectivity index (χ2n) is 4.38. The number of ether oxygens (including phenoxy) is 4. The Hall–Kier alpha value is -2.04. The van der Waals surface area contributed by atoms with Gasteiger partial charge in [-0.05, 0) is 24.3 Å². The highest BCUT2D eigenvalue weighted by atomic mass is 16.8. The topological polar surface area (TPSA) is 36.9 Å². The van der Waals surface area contributed by atoms with Gasteiger partial charge in [-0.1, -0.05) is 36.4 Å². The lowest BCUT2D eigenvalue weighted by Gasteiger charge is -2.13. The maximum atomic E-state index is 5.65. The summed E-state index contributed by atoms with van der Waals surface area (Å²) in [6, 6.07) is 19.1. The zero-order valence-electron chi connectivity index (χ0n) is 11.0. The van der Waals surface area contributed by atoms with Crippen molar-refractivity contribution in [1.29, 1.82) is 0 Å². The summed E-state index contributed by atoms with van der Waals surface area (Å²) in [6.07, 6.45) is -0.786. The van der Waals surface area contributed by atoms with Gasteiger partial charge in [0.1, 0.15) is 24.7 Å². The van der Waals surface area contributed by atoms with Crippen molar-refractivity contribution < 1.29 is 18.9 Å². The van der Waals surface area contributed by atoms with Crippen LogP contribution in [0.3, 0.4) is 0 Å². The maximum absolute atomic E-state index is 5.65. The predicted octanol–water partition coefficient (Wildman–Crippen LogP) is 2.84. The fourth-order valence-electron chi connectivity index (χ4n) is 1.91. The first-order valence-corrected chi connectivity index (χ1v) is 6.57. The molecule has 0 saturated carbocycles. The molecule has 1 aliphatic rings. The summed E-state index contributed by atoms with van der Waals surface area (Å²) in [5.41, 5.74) is 0. The minimum Gasteiger partial charge on any atom is -0.488 e. The summed E-state index contributed by atoms with van der Waals surface area (Å²) in [7, 11) is 0. The smallest absolute Gasteiger partial charge is 0.226 e. The van der Waals surface area contributed by atoms with Gasteiger partial charge in [0.05, 0.1) is 0 Å². The molecule has 20 heavy (non-hydrogen) atoms. The van der Waals surface area contributed by atoms with E-state index < -0.39 is 6.29 Å². The molecule has 0 bridgehead atoms. The molecule has 0 spiro atoms. The zero-order chi connectivity index (χ0) is 13.6. The number of rotatable bonds is 5. The Morgan fingerprint density at radius 3 is 2.25 bits per heavy atom. The molecule has 0 N–H and O–H groups in total. The van der Waals surface area contributed by atoms with Gasteiger partial charge in [0, 0.05) is 0 Å². The summed E-state index contributed by atoms with van der Waals surface area (Å²) in [5, 5.41) is 0. The zero-order valence-corrected chi connectivity index (χ0v) is 11.0. The Morgan fingerprint density at radius 2 is 1.55 bits per heavy atom. The molecule has 0 aliphatic carbocycles. The molecular formula is C16H16O4. The van der Waals surface area contributed by atoms with E-state index >= 15 is 0 Å². The molecule has 4 nitrogen and oxygen atoms in total. The average Bonchev–Trinajstić information content (AvgIpc) is 2.95. The number of hydrogen-bond donors (Lipinski definition) is 0. The molecule has 0 amide bonds. The predicted molar refractivity (Wildman–Crippen MR) is 73.6 cm³/mol. The molecule has 104 valence electrons. The van der Waals surface area contributed by atoms with Gasteiger partial charge in [0.2, 0.25) is 6.29 Å². The van der Waals surface area contributed by atoms with E-state index in [-0.39, 0.29) is 6.29 Å². The average molecular weight is 272 g/mol. The fraction of sp³-hybridized carbons (Fsp3) is 0.250. The molecule has 1 fully saturated rings. The van der Waals surface area contributed by atoms with Gasteiger partial charge >= 0.3 is 0 Å². The van der Waals surface area contributed by atoms with Gasteiger partial charge in [0.15, 0.2) is 6.29 Å². The summed E-state index contributed by atoms with van der Waals surface area (Å²) in [4.78, 5) is 0. The van der Waals surface area contributed by atoms with Crippen molar-refractivity contribution in [2.75, 3.05) is 13.2 Å². The summed E-state index contributed by atoms with van der Waals surface area (Å²) in [6.45, 7) is 0.746. The molecule has 0 aromatic heterocycles. The highest BCUT2D eigenvalue weighted by molar-refractivity contribution is 5.21. The number of hydrogen-bond acceptors (Lipinski definition) is 4. The van der Waals surface area contributed by atoms with E-state index in [1.807, 2.05) is 60.7 Å². The van der Waals surface area contributed by atoms with Crippen LogP contribution in [-0.4, -0.2) is 25.8 Å². The highest BCUT2D eigenvalue weighted by Crippen LogP contribution is 2.18. The van der Waals surface area contributed by atoms with Gasteiger partial charge in [-0.15, -0.1) is 0 Å². The Balaban J connectivity index is 1.45. The van der Waals surface area contributed by atoms with Gasteiger partial charge < -0.3 is 18.9 Å². The molecule has 2 unspecified atom stereocenters. The molecular weight excluding hydrogens is 256 g/mol.